The molecule has 2 aliphatic rings. The molecule has 4 heteroatoms. The molecule has 1 heterocycles. The average Bonchev–Trinajstić information content (AvgIpc) is 3.62. The van der Waals surface area contributed by atoms with Crippen LogP contribution in [0.5, 0.6) is 0 Å². The predicted octanol–water partition coefficient (Wildman–Crippen LogP) is 14.6. The largest absolute Gasteiger partial charge is 0.208 e. The van der Waals surface area contributed by atoms with Gasteiger partial charge in [0, 0.05) is 22.1 Å². The first-order valence-electron chi connectivity index (χ1n) is 21.6. The number of fused-ring (bicyclic) bond motifs is 5. The molecule has 0 aliphatic heterocycles. The second kappa shape index (κ2) is 15.7. The second-order valence-corrected chi connectivity index (χ2v) is 16.6. The predicted molar refractivity (Wildman–Crippen MR) is 252 cm³/mol. The lowest BCUT2D eigenvalue weighted by molar-refractivity contribution is 0.353. The van der Waals surface area contributed by atoms with E-state index >= 15 is 0 Å². The van der Waals surface area contributed by atoms with Gasteiger partial charge in [0.1, 0.15) is 0 Å². The van der Waals surface area contributed by atoms with Gasteiger partial charge in [-0.05, 0) is 104 Å². The Labute approximate surface area is 362 Å². The number of benzene rings is 8. The number of nitriles is 1. The minimum absolute atomic E-state index is 0.0273. The van der Waals surface area contributed by atoms with Crippen molar-refractivity contribution in [3.8, 4) is 95.9 Å². The van der Waals surface area contributed by atoms with Gasteiger partial charge in [0.25, 0.3) is 0 Å². The van der Waals surface area contributed by atoms with E-state index in [1.54, 1.807) is 0 Å². The van der Waals surface area contributed by atoms with E-state index in [4.69, 9.17) is 15.0 Å². The van der Waals surface area contributed by atoms with Crippen LogP contribution >= 0.6 is 0 Å². The highest BCUT2D eigenvalue weighted by Crippen LogP contribution is 2.58. The zero-order valence-corrected chi connectivity index (χ0v) is 34.3. The third-order valence-electron chi connectivity index (χ3n) is 13.0. The fourth-order valence-electron chi connectivity index (χ4n) is 9.91. The molecule has 0 atom stereocenters. The molecule has 1 fully saturated rings. The topological polar surface area (TPSA) is 62.5 Å². The van der Waals surface area contributed by atoms with Gasteiger partial charge in [-0.2, -0.15) is 5.26 Å². The zero-order chi connectivity index (χ0) is 41.5. The SMILES string of the molecule is N#Cc1ccc2c(c1)-c1c(-c3cccc(-c4cccc(-c5ccc(-c6nc(-c7ccccc7)nc(-c7ccc(-c8ccccc8)cc7)n6)cc5)c4)c3)cccc1C21CCCCC1. The van der Waals surface area contributed by atoms with E-state index < -0.39 is 0 Å². The first-order valence-corrected chi connectivity index (χ1v) is 21.6. The number of rotatable bonds is 7. The first kappa shape index (κ1) is 37.3. The molecule has 1 aromatic heterocycles. The van der Waals surface area contributed by atoms with Crippen molar-refractivity contribution in [2.45, 2.75) is 37.5 Å². The lowest BCUT2D eigenvalue weighted by atomic mass is 9.67. The Morgan fingerprint density at radius 3 is 1.40 bits per heavy atom. The maximum atomic E-state index is 9.91. The highest BCUT2D eigenvalue weighted by molar-refractivity contribution is 5.94. The van der Waals surface area contributed by atoms with Crippen molar-refractivity contribution in [3.63, 3.8) is 0 Å². The lowest BCUT2D eigenvalue weighted by Gasteiger charge is -2.36. The molecule has 1 saturated carbocycles. The molecule has 0 bridgehead atoms. The molecule has 62 heavy (non-hydrogen) atoms. The quantitative estimate of drug-likeness (QED) is 0.161. The molecule has 0 unspecified atom stereocenters. The molecule has 1 spiro atoms. The van der Waals surface area contributed by atoms with Crippen LogP contribution in [-0.2, 0) is 5.41 Å². The third kappa shape index (κ3) is 6.69. The molecule has 9 aromatic rings. The van der Waals surface area contributed by atoms with E-state index in [1.807, 2.05) is 42.5 Å². The monoisotopic (exact) mass is 794 g/mol. The van der Waals surface area contributed by atoms with Crippen molar-refractivity contribution < 1.29 is 0 Å². The molecule has 0 amide bonds. The van der Waals surface area contributed by atoms with Crippen LogP contribution in [0.3, 0.4) is 0 Å². The zero-order valence-electron chi connectivity index (χ0n) is 34.3. The van der Waals surface area contributed by atoms with Gasteiger partial charge in [0.05, 0.1) is 11.6 Å². The highest BCUT2D eigenvalue weighted by Gasteiger charge is 2.44. The summed E-state index contributed by atoms with van der Waals surface area (Å²) in [4.78, 5) is 15.0. The van der Waals surface area contributed by atoms with Crippen molar-refractivity contribution in [2.24, 2.45) is 0 Å². The Bertz CT molecular complexity index is 3140. The summed E-state index contributed by atoms with van der Waals surface area (Å²) in [6.45, 7) is 0. The summed E-state index contributed by atoms with van der Waals surface area (Å²) in [5.74, 6) is 1.91. The highest BCUT2D eigenvalue weighted by atomic mass is 15.0. The molecular weight excluding hydrogens is 753 g/mol. The number of hydrogen-bond donors (Lipinski definition) is 0. The fourth-order valence-corrected chi connectivity index (χ4v) is 9.91. The summed E-state index contributed by atoms with van der Waals surface area (Å²) in [5.41, 5.74) is 18.2. The molecule has 4 nitrogen and oxygen atoms in total. The Balaban J connectivity index is 0.916. The Morgan fingerprint density at radius 2 is 0.806 bits per heavy atom. The van der Waals surface area contributed by atoms with Gasteiger partial charge in [0.2, 0.25) is 0 Å². The van der Waals surface area contributed by atoms with Gasteiger partial charge in [0.15, 0.2) is 17.5 Å². The summed E-state index contributed by atoms with van der Waals surface area (Å²) in [7, 11) is 0. The van der Waals surface area contributed by atoms with Crippen LogP contribution in [0.4, 0.5) is 0 Å². The normalized spacial score (nSPS) is 13.6. The van der Waals surface area contributed by atoms with E-state index in [2.05, 4.69) is 158 Å². The first-order chi connectivity index (χ1) is 30.6. The molecule has 294 valence electrons. The Morgan fingerprint density at radius 1 is 0.355 bits per heavy atom. The smallest absolute Gasteiger partial charge is 0.164 e. The molecule has 11 rings (SSSR count). The van der Waals surface area contributed by atoms with Crippen molar-refractivity contribution in [2.75, 3.05) is 0 Å². The van der Waals surface area contributed by atoms with Gasteiger partial charge >= 0.3 is 0 Å². The molecule has 0 saturated heterocycles. The third-order valence-corrected chi connectivity index (χ3v) is 13.0. The van der Waals surface area contributed by atoms with Crippen molar-refractivity contribution >= 4 is 0 Å². The van der Waals surface area contributed by atoms with Gasteiger partial charge in [-0.15, -0.1) is 0 Å². The minimum Gasteiger partial charge on any atom is -0.208 e. The van der Waals surface area contributed by atoms with E-state index in [0.717, 1.165) is 62.9 Å². The van der Waals surface area contributed by atoms with Gasteiger partial charge < -0.3 is 0 Å². The van der Waals surface area contributed by atoms with Crippen LogP contribution in [0.25, 0.3) is 89.8 Å². The molecular formula is C58H42N4. The Hall–Kier alpha value is -7.74. The van der Waals surface area contributed by atoms with E-state index in [0.29, 0.717) is 17.5 Å². The van der Waals surface area contributed by atoms with Crippen LogP contribution in [0.2, 0.25) is 0 Å². The van der Waals surface area contributed by atoms with Gasteiger partial charge in [-0.25, -0.2) is 15.0 Å². The van der Waals surface area contributed by atoms with Crippen LogP contribution < -0.4 is 0 Å². The molecule has 0 radical (unpaired) electrons. The van der Waals surface area contributed by atoms with Gasteiger partial charge in [-0.1, -0.05) is 189 Å². The van der Waals surface area contributed by atoms with Crippen molar-refractivity contribution in [3.05, 3.63) is 211 Å². The lowest BCUT2D eigenvalue weighted by Crippen LogP contribution is -2.28. The van der Waals surface area contributed by atoms with Gasteiger partial charge in [-0.3, -0.25) is 0 Å². The standard InChI is InChI=1S/C58H42N4/c59-38-39-23-32-52-51(35-39)54-50(21-12-22-53(54)58(52)33-8-3-9-34-58)49-20-11-19-48(37-49)47-18-10-17-46(36-47)42-26-30-45(31-27-42)57-61-55(43-15-6-2-7-16-43)60-56(62-57)44-28-24-41(25-29-44)40-13-4-1-5-14-40/h1-2,4-7,10-32,35-37H,3,8-9,33-34H2. The van der Waals surface area contributed by atoms with Crippen LogP contribution in [0, 0.1) is 11.3 Å². The summed E-state index contributed by atoms with van der Waals surface area (Å²) in [6, 6.07) is 70.8. The fraction of sp³-hybridized carbons (Fsp3) is 0.103. The minimum atomic E-state index is 0.0273. The summed E-state index contributed by atoms with van der Waals surface area (Å²) >= 11 is 0. The molecule has 2 aliphatic carbocycles. The molecule has 8 aromatic carbocycles. The van der Waals surface area contributed by atoms with Crippen molar-refractivity contribution in [1.29, 1.82) is 5.26 Å². The summed E-state index contributed by atoms with van der Waals surface area (Å²) < 4.78 is 0. The van der Waals surface area contributed by atoms with Crippen LogP contribution in [-0.4, -0.2) is 15.0 Å². The summed E-state index contributed by atoms with van der Waals surface area (Å²) in [5, 5.41) is 9.91. The maximum absolute atomic E-state index is 9.91. The van der Waals surface area contributed by atoms with E-state index in [9.17, 15) is 5.26 Å². The van der Waals surface area contributed by atoms with E-state index in [-0.39, 0.29) is 5.41 Å². The van der Waals surface area contributed by atoms with E-state index in [1.165, 1.54) is 58.2 Å². The number of hydrogen-bond acceptors (Lipinski definition) is 4. The number of aromatic nitrogens is 3. The number of nitrogens with zero attached hydrogens (tertiary/aromatic N) is 4. The van der Waals surface area contributed by atoms with Crippen molar-refractivity contribution in [1.82, 2.24) is 15.0 Å². The molecule has 0 N–H and O–H groups in total. The Kier molecular flexibility index (Phi) is 9.44. The average molecular weight is 795 g/mol. The van der Waals surface area contributed by atoms with Crippen LogP contribution in [0.1, 0.15) is 48.8 Å². The second-order valence-electron chi connectivity index (χ2n) is 16.6. The van der Waals surface area contributed by atoms with Crippen LogP contribution in [0.15, 0.2) is 194 Å². The summed E-state index contributed by atoms with van der Waals surface area (Å²) in [6.07, 6.45) is 6.07. The maximum Gasteiger partial charge on any atom is 0.164 e.